The molecule has 0 saturated heterocycles. The van der Waals surface area contributed by atoms with E-state index in [0.29, 0.717) is 17.3 Å². The molecule has 2 aromatic rings. The summed E-state index contributed by atoms with van der Waals surface area (Å²) in [7, 11) is -0.898. The molecule has 0 saturated carbocycles. The van der Waals surface area contributed by atoms with Gasteiger partial charge in [0.05, 0.1) is 6.20 Å². The van der Waals surface area contributed by atoms with Gasteiger partial charge in [-0.2, -0.15) is 5.10 Å². The molecule has 0 bridgehead atoms. The molecule has 2 rings (SSSR count). The van der Waals surface area contributed by atoms with Crippen molar-refractivity contribution in [3.8, 4) is 0 Å². The Bertz CT molecular complexity index is 612. The summed E-state index contributed by atoms with van der Waals surface area (Å²) in [6.07, 6.45) is 5.55. The summed E-state index contributed by atoms with van der Waals surface area (Å²) in [6.45, 7) is 3.63. The summed E-state index contributed by atoms with van der Waals surface area (Å²) in [4.78, 5) is 0. The summed E-state index contributed by atoms with van der Waals surface area (Å²) in [6, 6.07) is 5.71. The van der Waals surface area contributed by atoms with Crippen molar-refractivity contribution in [3.05, 3.63) is 46.7 Å². The quantitative estimate of drug-likeness (QED) is 0.892. The highest BCUT2D eigenvalue weighted by Crippen LogP contribution is 2.22. The van der Waals surface area contributed by atoms with Crippen molar-refractivity contribution < 1.29 is 4.21 Å². The monoisotopic (exact) mass is 311 g/mol. The van der Waals surface area contributed by atoms with Crippen molar-refractivity contribution in [2.45, 2.75) is 25.8 Å². The second-order valence-electron chi connectivity index (χ2n) is 4.58. The van der Waals surface area contributed by atoms with Crippen LogP contribution in [0.3, 0.4) is 0 Å². The van der Waals surface area contributed by atoms with Crippen molar-refractivity contribution >= 4 is 28.1 Å². The molecule has 0 spiro atoms. The lowest BCUT2D eigenvalue weighted by Crippen LogP contribution is -2.00. The summed E-state index contributed by atoms with van der Waals surface area (Å²) in [5, 5.41) is 8.22. The van der Waals surface area contributed by atoms with E-state index in [1.165, 1.54) is 0 Å². The van der Waals surface area contributed by atoms with Gasteiger partial charge in [0.15, 0.2) is 0 Å². The van der Waals surface area contributed by atoms with Crippen molar-refractivity contribution in [1.29, 1.82) is 0 Å². The number of rotatable bonds is 6. The van der Waals surface area contributed by atoms with E-state index in [0.717, 1.165) is 23.4 Å². The Morgan fingerprint density at radius 2 is 2.25 bits per heavy atom. The van der Waals surface area contributed by atoms with E-state index < -0.39 is 10.8 Å². The maximum atomic E-state index is 11.3. The molecule has 0 amide bonds. The summed E-state index contributed by atoms with van der Waals surface area (Å²) >= 11 is 6.10. The summed E-state index contributed by atoms with van der Waals surface area (Å²) < 4.78 is 13.2. The number of hydrogen-bond donors (Lipinski definition) is 1. The van der Waals surface area contributed by atoms with Gasteiger partial charge in [0.25, 0.3) is 0 Å². The highest BCUT2D eigenvalue weighted by Gasteiger charge is 2.05. The zero-order chi connectivity index (χ0) is 14.5. The van der Waals surface area contributed by atoms with Gasteiger partial charge in [-0.3, -0.25) is 8.89 Å². The Morgan fingerprint density at radius 3 is 2.90 bits per heavy atom. The van der Waals surface area contributed by atoms with Gasteiger partial charge in [0.1, 0.15) is 0 Å². The van der Waals surface area contributed by atoms with E-state index >= 15 is 0 Å². The Kier molecular flexibility index (Phi) is 5.20. The van der Waals surface area contributed by atoms with Crippen molar-refractivity contribution in [2.24, 2.45) is 0 Å². The lowest BCUT2D eigenvalue weighted by atomic mass is 10.2. The third-order valence-electron chi connectivity index (χ3n) is 2.91. The van der Waals surface area contributed by atoms with Gasteiger partial charge >= 0.3 is 0 Å². The molecule has 1 aromatic carbocycles. The highest BCUT2D eigenvalue weighted by molar-refractivity contribution is 7.83. The first-order valence-electron chi connectivity index (χ1n) is 6.42. The Hall–Kier alpha value is -1.33. The Morgan fingerprint density at radius 1 is 1.45 bits per heavy atom. The molecule has 1 aromatic heterocycles. The molecule has 4 nitrogen and oxygen atoms in total. The van der Waals surface area contributed by atoms with Crippen LogP contribution < -0.4 is 5.32 Å². The molecule has 0 fully saturated rings. The van der Waals surface area contributed by atoms with Crippen molar-refractivity contribution in [2.75, 3.05) is 11.6 Å². The molecule has 0 radical (unpaired) electrons. The van der Waals surface area contributed by atoms with Crippen LogP contribution in [0.2, 0.25) is 5.02 Å². The zero-order valence-electron chi connectivity index (χ0n) is 11.6. The number of halogens is 1. The molecular weight excluding hydrogens is 294 g/mol. The molecule has 0 aliphatic carbocycles. The fourth-order valence-corrected chi connectivity index (χ4v) is 2.83. The minimum absolute atomic E-state index is 0.474. The molecule has 0 unspecified atom stereocenters. The number of aryl methyl sites for hydroxylation is 1. The second-order valence-corrected chi connectivity index (χ2v) is 6.42. The molecule has 1 atom stereocenters. The largest absolute Gasteiger partial charge is 0.381 e. The third kappa shape index (κ3) is 4.08. The lowest BCUT2D eigenvalue weighted by Gasteiger charge is -2.08. The SMILES string of the molecule is CCn1cc(CNc2ccc(Cl)c(C[S@@](C)=O)c2)cn1. The van der Waals surface area contributed by atoms with E-state index in [2.05, 4.69) is 17.3 Å². The molecule has 6 heteroatoms. The van der Waals surface area contributed by atoms with Gasteiger partial charge in [-0.1, -0.05) is 11.6 Å². The van der Waals surface area contributed by atoms with Crippen LogP contribution in [-0.2, 0) is 29.6 Å². The lowest BCUT2D eigenvalue weighted by molar-refractivity contribution is 0.659. The van der Waals surface area contributed by atoms with Gasteiger partial charge in [-0.15, -0.1) is 0 Å². The van der Waals surface area contributed by atoms with Gasteiger partial charge < -0.3 is 5.32 Å². The summed E-state index contributed by atoms with van der Waals surface area (Å²) in [5.41, 5.74) is 3.00. The predicted octanol–water partition coefficient (Wildman–Crippen LogP) is 3.05. The number of anilines is 1. The van der Waals surface area contributed by atoms with Gasteiger partial charge in [0, 0.05) is 58.4 Å². The number of nitrogens with zero attached hydrogens (tertiary/aromatic N) is 2. The number of benzene rings is 1. The van der Waals surface area contributed by atoms with Crippen LogP contribution in [-0.4, -0.2) is 20.2 Å². The van der Waals surface area contributed by atoms with Crippen LogP contribution in [0, 0.1) is 0 Å². The first-order chi connectivity index (χ1) is 9.58. The Labute approximate surface area is 126 Å². The zero-order valence-corrected chi connectivity index (χ0v) is 13.2. The van der Waals surface area contributed by atoms with Crippen LogP contribution in [0.25, 0.3) is 0 Å². The average Bonchev–Trinajstić information content (AvgIpc) is 2.87. The van der Waals surface area contributed by atoms with Crippen LogP contribution in [0.15, 0.2) is 30.6 Å². The van der Waals surface area contributed by atoms with Gasteiger partial charge in [-0.25, -0.2) is 0 Å². The number of hydrogen-bond acceptors (Lipinski definition) is 3. The van der Waals surface area contributed by atoms with Crippen LogP contribution in [0.4, 0.5) is 5.69 Å². The highest BCUT2D eigenvalue weighted by atomic mass is 35.5. The van der Waals surface area contributed by atoms with E-state index in [-0.39, 0.29) is 0 Å². The standard InChI is InChI=1S/C14H18ClN3OS/c1-3-18-9-11(8-17-18)7-16-13-4-5-14(15)12(6-13)10-20(2)19/h4-6,8-9,16H,3,7,10H2,1-2H3/t20-/m1/s1. The smallest absolute Gasteiger partial charge is 0.0539 e. The molecule has 1 N–H and O–H groups in total. The minimum Gasteiger partial charge on any atom is -0.381 e. The van der Waals surface area contributed by atoms with Crippen LogP contribution in [0.1, 0.15) is 18.1 Å². The van der Waals surface area contributed by atoms with Crippen LogP contribution in [0.5, 0.6) is 0 Å². The van der Waals surface area contributed by atoms with E-state index in [4.69, 9.17) is 11.6 Å². The summed E-state index contributed by atoms with van der Waals surface area (Å²) in [5.74, 6) is 0.474. The predicted molar refractivity (Wildman–Crippen MR) is 84.5 cm³/mol. The maximum absolute atomic E-state index is 11.3. The minimum atomic E-state index is -0.898. The number of aromatic nitrogens is 2. The first-order valence-corrected chi connectivity index (χ1v) is 8.52. The van der Waals surface area contributed by atoms with Gasteiger partial charge in [0.2, 0.25) is 0 Å². The number of nitrogens with one attached hydrogen (secondary N) is 1. The van der Waals surface area contributed by atoms with E-state index in [1.807, 2.05) is 35.3 Å². The second kappa shape index (κ2) is 6.90. The average molecular weight is 312 g/mol. The fraction of sp³-hybridized carbons (Fsp3) is 0.357. The normalized spacial score (nSPS) is 12.3. The molecule has 108 valence electrons. The van der Waals surface area contributed by atoms with Gasteiger partial charge in [-0.05, 0) is 30.7 Å². The molecule has 1 heterocycles. The van der Waals surface area contributed by atoms with Crippen molar-refractivity contribution in [1.82, 2.24) is 9.78 Å². The molecule has 0 aliphatic rings. The molecule has 0 aliphatic heterocycles. The molecule has 20 heavy (non-hydrogen) atoms. The maximum Gasteiger partial charge on any atom is 0.0539 e. The third-order valence-corrected chi connectivity index (χ3v) is 4.00. The van der Waals surface area contributed by atoms with E-state index in [9.17, 15) is 4.21 Å². The molecular formula is C14H18ClN3OS. The first kappa shape index (κ1) is 15.1. The van der Waals surface area contributed by atoms with E-state index in [1.54, 1.807) is 6.26 Å². The Balaban J connectivity index is 2.03. The fourth-order valence-electron chi connectivity index (χ4n) is 1.89. The topological polar surface area (TPSA) is 46.9 Å². The van der Waals surface area contributed by atoms with Crippen molar-refractivity contribution in [3.63, 3.8) is 0 Å². The van der Waals surface area contributed by atoms with Crippen LogP contribution >= 0.6 is 11.6 Å².